The van der Waals surface area contributed by atoms with Gasteiger partial charge in [0.2, 0.25) is 5.91 Å². The zero-order chi connectivity index (χ0) is 15.7. The number of amides is 1. The van der Waals surface area contributed by atoms with E-state index in [9.17, 15) is 4.79 Å². The molecule has 0 bridgehead atoms. The number of aromatic nitrogens is 2. The second-order valence-corrected chi connectivity index (χ2v) is 5.98. The van der Waals surface area contributed by atoms with Crippen molar-refractivity contribution in [2.75, 3.05) is 0 Å². The molecule has 21 heavy (non-hydrogen) atoms. The van der Waals surface area contributed by atoms with Crippen LogP contribution in [0.15, 0.2) is 18.2 Å². The molecule has 0 radical (unpaired) electrons. The molecule has 6 heteroatoms. The lowest BCUT2D eigenvalue weighted by molar-refractivity contribution is -0.120. The van der Waals surface area contributed by atoms with Crippen LogP contribution in [0.2, 0.25) is 0 Å². The zero-order valence-electron chi connectivity index (χ0n) is 12.6. The Bertz CT molecular complexity index is 664. The van der Waals surface area contributed by atoms with Gasteiger partial charge in [-0.1, -0.05) is 6.07 Å². The Kier molecular flexibility index (Phi) is 4.42. The minimum Gasteiger partial charge on any atom is -0.489 e. The van der Waals surface area contributed by atoms with E-state index in [1.165, 1.54) is 0 Å². The number of ether oxygens (including phenoxy) is 1. The number of nitrogens with two attached hydrogens (primary N) is 1. The SMILES string of the molecule is CC(C)Oc1cccc2c1nc(C(C)Cl)n2C(C)C(N)=O. The van der Waals surface area contributed by atoms with Crippen molar-refractivity contribution >= 4 is 28.5 Å². The van der Waals surface area contributed by atoms with Crippen LogP contribution in [0.25, 0.3) is 11.0 Å². The molecule has 1 amide bonds. The predicted octanol–water partition coefficient (Wildman–Crippen LogP) is 3.17. The van der Waals surface area contributed by atoms with E-state index >= 15 is 0 Å². The van der Waals surface area contributed by atoms with Crippen LogP contribution in [-0.2, 0) is 4.79 Å². The summed E-state index contributed by atoms with van der Waals surface area (Å²) in [6.45, 7) is 7.46. The maximum absolute atomic E-state index is 11.6. The molecule has 0 aliphatic carbocycles. The summed E-state index contributed by atoms with van der Waals surface area (Å²) in [4.78, 5) is 16.1. The lowest BCUT2D eigenvalue weighted by atomic mass is 10.2. The van der Waals surface area contributed by atoms with E-state index in [0.29, 0.717) is 17.1 Å². The van der Waals surface area contributed by atoms with Crippen LogP contribution in [-0.4, -0.2) is 21.6 Å². The molecule has 1 aromatic carbocycles. The molecule has 0 aliphatic heterocycles. The van der Waals surface area contributed by atoms with Crippen LogP contribution in [0, 0.1) is 0 Å². The third kappa shape index (κ3) is 2.97. The van der Waals surface area contributed by atoms with Crippen molar-refractivity contribution in [2.24, 2.45) is 5.73 Å². The molecular formula is C15H20ClN3O2. The molecule has 2 unspecified atom stereocenters. The predicted molar refractivity (Wildman–Crippen MR) is 83.7 cm³/mol. The van der Waals surface area contributed by atoms with E-state index in [-0.39, 0.29) is 11.5 Å². The molecular weight excluding hydrogens is 290 g/mol. The number of halogens is 1. The van der Waals surface area contributed by atoms with Gasteiger partial charge in [0.25, 0.3) is 0 Å². The van der Waals surface area contributed by atoms with E-state index in [1.807, 2.05) is 39.0 Å². The second-order valence-electron chi connectivity index (χ2n) is 5.32. The molecule has 114 valence electrons. The highest BCUT2D eigenvalue weighted by atomic mass is 35.5. The fourth-order valence-electron chi connectivity index (χ4n) is 2.27. The van der Waals surface area contributed by atoms with Crippen LogP contribution < -0.4 is 10.5 Å². The highest BCUT2D eigenvalue weighted by Gasteiger charge is 2.23. The van der Waals surface area contributed by atoms with Gasteiger partial charge >= 0.3 is 0 Å². The number of hydrogen-bond acceptors (Lipinski definition) is 3. The molecule has 0 saturated carbocycles. The Balaban J connectivity index is 2.71. The summed E-state index contributed by atoms with van der Waals surface area (Å²) in [5.74, 6) is 0.859. The number of para-hydroxylation sites is 1. The number of rotatable bonds is 5. The van der Waals surface area contributed by atoms with Crippen molar-refractivity contribution in [2.45, 2.75) is 45.2 Å². The molecule has 0 fully saturated rings. The molecule has 2 aromatic rings. The van der Waals surface area contributed by atoms with E-state index < -0.39 is 11.9 Å². The van der Waals surface area contributed by atoms with Crippen LogP contribution in [0.1, 0.15) is 44.9 Å². The average Bonchev–Trinajstić information content (AvgIpc) is 2.77. The molecule has 2 N–H and O–H groups in total. The largest absolute Gasteiger partial charge is 0.489 e. The van der Waals surface area contributed by atoms with Gasteiger partial charge in [0.05, 0.1) is 17.0 Å². The van der Waals surface area contributed by atoms with Crippen molar-refractivity contribution < 1.29 is 9.53 Å². The first kappa shape index (κ1) is 15.6. The second kappa shape index (κ2) is 5.93. The summed E-state index contributed by atoms with van der Waals surface area (Å²) in [5.41, 5.74) is 6.93. The van der Waals surface area contributed by atoms with Crippen molar-refractivity contribution in [3.8, 4) is 5.75 Å². The van der Waals surface area contributed by atoms with E-state index in [0.717, 1.165) is 5.52 Å². The summed E-state index contributed by atoms with van der Waals surface area (Å²) in [7, 11) is 0. The van der Waals surface area contributed by atoms with Gasteiger partial charge in [-0.2, -0.15) is 0 Å². The van der Waals surface area contributed by atoms with Gasteiger partial charge in [0.1, 0.15) is 23.1 Å². The number of primary amides is 1. The van der Waals surface area contributed by atoms with E-state index in [2.05, 4.69) is 4.98 Å². The Morgan fingerprint density at radius 1 is 1.33 bits per heavy atom. The van der Waals surface area contributed by atoms with E-state index in [4.69, 9.17) is 22.1 Å². The van der Waals surface area contributed by atoms with Crippen molar-refractivity contribution in [1.82, 2.24) is 9.55 Å². The van der Waals surface area contributed by atoms with Gasteiger partial charge in [-0.05, 0) is 39.8 Å². The maximum atomic E-state index is 11.6. The third-order valence-corrected chi connectivity index (χ3v) is 3.42. The molecule has 5 nitrogen and oxygen atoms in total. The van der Waals surface area contributed by atoms with Gasteiger partial charge < -0.3 is 15.0 Å². The minimum atomic E-state index is -0.527. The molecule has 2 rings (SSSR count). The number of benzene rings is 1. The first-order valence-electron chi connectivity index (χ1n) is 6.93. The first-order chi connectivity index (χ1) is 9.82. The number of carbonyl (C=O) groups excluding carboxylic acids is 1. The van der Waals surface area contributed by atoms with Crippen molar-refractivity contribution in [1.29, 1.82) is 0 Å². The van der Waals surface area contributed by atoms with Crippen LogP contribution >= 0.6 is 11.6 Å². The number of nitrogens with zero attached hydrogens (tertiary/aromatic N) is 2. The summed E-state index contributed by atoms with van der Waals surface area (Å²) in [5, 5.41) is -0.342. The molecule has 0 spiro atoms. The summed E-state index contributed by atoms with van der Waals surface area (Å²) >= 11 is 6.21. The highest BCUT2D eigenvalue weighted by molar-refractivity contribution is 6.20. The minimum absolute atomic E-state index is 0.0335. The third-order valence-electron chi connectivity index (χ3n) is 3.23. The molecule has 0 aliphatic rings. The van der Waals surface area contributed by atoms with Crippen molar-refractivity contribution in [3.05, 3.63) is 24.0 Å². The van der Waals surface area contributed by atoms with Gasteiger partial charge in [0, 0.05) is 0 Å². The fourth-order valence-corrected chi connectivity index (χ4v) is 2.43. The number of carbonyl (C=O) groups is 1. The first-order valence-corrected chi connectivity index (χ1v) is 7.37. The lowest BCUT2D eigenvalue weighted by Crippen LogP contribution is -2.25. The summed E-state index contributed by atoms with van der Waals surface area (Å²) in [6, 6.07) is 5.09. The smallest absolute Gasteiger partial charge is 0.240 e. The normalized spacial score (nSPS) is 14.4. The molecule has 1 aromatic heterocycles. The van der Waals surface area contributed by atoms with Crippen molar-refractivity contribution in [3.63, 3.8) is 0 Å². The average molecular weight is 310 g/mol. The number of alkyl halides is 1. The highest BCUT2D eigenvalue weighted by Crippen LogP contribution is 2.32. The number of fused-ring (bicyclic) bond motifs is 1. The molecule has 0 saturated heterocycles. The summed E-state index contributed by atoms with van der Waals surface area (Å²) < 4.78 is 7.56. The monoisotopic (exact) mass is 309 g/mol. The Morgan fingerprint density at radius 2 is 2.00 bits per heavy atom. The quantitative estimate of drug-likeness (QED) is 0.862. The van der Waals surface area contributed by atoms with E-state index in [1.54, 1.807) is 11.5 Å². The number of hydrogen-bond donors (Lipinski definition) is 1. The molecule has 2 atom stereocenters. The lowest BCUT2D eigenvalue weighted by Gasteiger charge is -2.15. The topological polar surface area (TPSA) is 70.1 Å². The van der Waals surface area contributed by atoms with Gasteiger partial charge in [-0.25, -0.2) is 4.98 Å². The van der Waals surface area contributed by atoms with Gasteiger partial charge in [-0.15, -0.1) is 11.6 Å². The fraction of sp³-hybridized carbons (Fsp3) is 0.467. The van der Waals surface area contributed by atoms with Crippen LogP contribution in [0.5, 0.6) is 5.75 Å². The standard InChI is InChI=1S/C15H20ClN3O2/c1-8(2)21-12-7-5-6-11-13(12)18-15(9(3)16)19(11)10(4)14(17)20/h5-10H,1-4H3,(H2,17,20). The Morgan fingerprint density at radius 3 is 2.52 bits per heavy atom. The molecule has 1 heterocycles. The zero-order valence-corrected chi connectivity index (χ0v) is 13.4. The van der Waals surface area contributed by atoms with Crippen LogP contribution in [0.4, 0.5) is 0 Å². The summed E-state index contributed by atoms with van der Waals surface area (Å²) in [6.07, 6.45) is 0.0335. The Hall–Kier alpha value is -1.75. The van der Waals surface area contributed by atoms with Gasteiger partial charge in [-0.3, -0.25) is 4.79 Å². The maximum Gasteiger partial charge on any atom is 0.240 e. The van der Waals surface area contributed by atoms with Crippen LogP contribution in [0.3, 0.4) is 0 Å². The Labute approximate surface area is 129 Å². The van der Waals surface area contributed by atoms with Gasteiger partial charge in [0.15, 0.2) is 0 Å². The number of imidazole rings is 1.